The minimum absolute atomic E-state index is 0.183. The zero-order chi connectivity index (χ0) is 28.0. The predicted octanol–water partition coefficient (Wildman–Crippen LogP) is 7.70. The summed E-state index contributed by atoms with van der Waals surface area (Å²) in [6, 6.07) is 20.7. The topological polar surface area (TPSA) is 36.3 Å². The number of aromatic nitrogens is 2. The zero-order valence-electron chi connectivity index (χ0n) is 22.9. The highest BCUT2D eigenvalue weighted by Gasteiger charge is 2.42. The van der Waals surface area contributed by atoms with Crippen molar-refractivity contribution < 1.29 is 4.39 Å². The highest BCUT2D eigenvalue weighted by atomic mass is 35.5. The quantitative estimate of drug-likeness (QED) is 0.248. The molecule has 4 aromatic rings. The Balaban J connectivity index is 1.44. The summed E-state index contributed by atoms with van der Waals surface area (Å²) in [4.78, 5) is 9.22. The number of aryl methyl sites for hydroxylation is 1. The van der Waals surface area contributed by atoms with Crippen molar-refractivity contribution in [2.45, 2.75) is 45.7 Å². The van der Waals surface area contributed by atoms with Crippen LogP contribution in [-0.4, -0.2) is 27.8 Å². The Morgan fingerprint density at radius 2 is 1.77 bits per heavy atom. The third-order valence-corrected chi connectivity index (χ3v) is 8.90. The van der Waals surface area contributed by atoms with E-state index in [1.54, 1.807) is 18.3 Å². The molecule has 6 rings (SSSR count). The molecule has 0 amide bonds. The van der Waals surface area contributed by atoms with E-state index >= 15 is 0 Å². The molecule has 0 radical (unpaired) electrons. The van der Waals surface area contributed by atoms with Gasteiger partial charge in [-0.25, -0.2) is 4.39 Å². The van der Waals surface area contributed by atoms with Crippen molar-refractivity contribution in [3.8, 4) is 5.69 Å². The van der Waals surface area contributed by atoms with Crippen LogP contribution in [0.5, 0.6) is 0 Å². The molecule has 2 aromatic heterocycles. The molecule has 0 bridgehead atoms. The number of benzene rings is 2. The van der Waals surface area contributed by atoms with Gasteiger partial charge in [0.1, 0.15) is 5.82 Å². The average Bonchev–Trinajstić information content (AvgIpc) is 3.44. The number of hydrogen-bond donors (Lipinski definition) is 1. The van der Waals surface area contributed by atoms with E-state index in [2.05, 4.69) is 56.7 Å². The molecule has 2 aromatic carbocycles. The second kappa shape index (κ2) is 10.9. The van der Waals surface area contributed by atoms with Gasteiger partial charge >= 0.3 is 0 Å². The number of piperidine rings is 1. The van der Waals surface area contributed by atoms with E-state index < -0.39 is 0 Å². The molecule has 2 saturated heterocycles. The number of nitrogens with one attached hydrogen (secondary N) is 1. The summed E-state index contributed by atoms with van der Waals surface area (Å²) in [5, 5.41) is 4.89. The Bertz CT molecular complexity index is 1550. The number of rotatable bonds is 5. The lowest BCUT2D eigenvalue weighted by molar-refractivity contribution is 0.438. The summed E-state index contributed by atoms with van der Waals surface area (Å²) in [7, 11) is 0. The van der Waals surface area contributed by atoms with Gasteiger partial charge in [0.25, 0.3) is 0 Å². The van der Waals surface area contributed by atoms with Crippen LogP contribution in [0.15, 0.2) is 72.9 Å². The van der Waals surface area contributed by atoms with Crippen molar-refractivity contribution in [1.29, 1.82) is 0 Å². The molecule has 40 heavy (non-hydrogen) atoms. The van der Waals surface area contributed by atoms with E-state index in [-0.39, 0.29) is 17.9 Å². The summed E-state index contributed by atoms with van der Waals surface area (Å²) in [5.74, 6) is 0.485. The lowest BCUT2D eigenvalue weighted by Gasteiger charge is -2.33. The summed E-state index contributed by atoms with van der Waals surface area (Å²) in [6.07, 6.45) is 4.15. The Labute approximate surface area is 245 Å². The Morgan fingerprint density at radius 1 is 0.975 bits per heavy atom. The fourth-order valence-electron chi connectivity index (χ4n) is 6.20. The molecule has 1 N–H and O–H groups in total. The number of pyridine rings is 1. The van der Waals surface area contributed by atoms with E-state index in [0.29, 0.717) is 5.11 Å². The van der Waals surface area contributed by atoms with Gasteiger partial charge in [-0.15, -0.1) is 0 Å². The van der Waals surface area contributed by atoms with Crippen LogP contribution in [0.2, 0.25) is 5.02 Å². The van der Waals surface area contributed by atoms with Gasteiger partial charge < -0.3 is 19.7 Å². The molecule has 0 saturated carbocycles. The lowest BCUT2D eigenvalue weighted by Crippen LogP contribution is -2.33. The van der Waals surface area contributed by atoms with Gasteiger partial charge in [-0.2, -0.15) is 0 Å². The molecule has 206 valence electrons. The highest BCUT2D eigenvalue weighted by molar-refractivity contribution is 7.80. The highest BCUT2D eigenvalue weighted by Crippen LogP contribution is 2.45. The first-order chi connectivity index (χ1) is 19.3. The monoisotopic (exact) mass is 573 g/mol. The van der Waals surface area contributed by atoms with Crippen LogP contribution < -0.4 is 15.1 Å². The summed E-state index contributed by atoms with van der Waals surface area (Å²) >= 11 is 12.9. The van der Waals surface area contributed by atoms with Gasteiger partial charge in [-0.3, -0.25) is 4.98 Å². The first-order valence-corrected chi connectivity index (χ1v) is 14.6. The number of nitrogens with zero attached hydrogens (tertiary/aromatic N) is 4. The lowest BCUT2D eigenvalue weighted by atomic mass is 9.96. The van der Waals surface area contributed by atoms with Crippen LogP contribution in [0.4, 0.5) is 15.8 Å². The Morgan fingerprint density at radius 3 is 2.48 bits per heavy atom. The second-order valence-corrected chi connectivity index (χ2v) is 11.7. The SMILES string of the molecule is Cc1cc([C@@H]2[C@H](c3ccccn3)NC(=S)N2c2ccc(N3CCC(C)CC3)c(Cl)c2)c(C)n1-c1cccc(F)c1. The summed E-state index contributed by atoms with van der Waals surface area (Å²) in [6.45, 7) is 8.47. The largest absolute Gasteiger partial charge is 0.370 e. The van der Waals surface area contributed by atoms with E-state index in [0.717, 1.165) is 63.7 Å². The fraction of sp³-hybridized carbons (Fsp3) is 0.312. The van der Waals surface area contributed by atoms with Crippen LogP contribution in [-0.2, 0) is 0 Å². The van der Waals surface area contributed by atoms with E-state index in [9.17, 15) is 4.39 Å². The number of anilines is 2. The smallest absolute Gasteiger partial charge is 0.174 e. The maximum atomic E-state index is 14.2. The maximum Gasteiger partial charge on any atom is 0.174 e. The summed E-state index contributed by atoms with van der Waals surface area (Å²) in [5.41, 5.74) is 6.82. The van der Waals surface area contributed by atoms with Crippen LogP contribution >= 0.6 is 23.8 Å². The summed E-state index contributed by atoms with van der Waals surface area (Å²) < 4.78 is 16.3. The second-order valence-electron chi connectivity index (χ2n) is 10.9. The third kappa shape index (κ3) is 4.86. The van der Waals surface area contributed by atoms with Crippen LogP contribution in [0.25, 0.3) is 5.69 Å². The number of hydrogen-bond acceptors (Lipinski definition) is 3. The minimum Gasteiger partial charge on any atom is -0.370 e. The molecule has 2 atom stereocenters. The molecule has 4 heterocycles. The number of halogens is 2. The van der Waals surface area contributed by atoms with Gasteiger partial charge in [-0.1, -0.05) is 30.7 Å². The third-order valence-electron chi connectivity index (χ3n) is 8.29. The minimum atomic E-state index is -0.263. The molecule has 2 aliphatic rings. The Kier molecular flexibility index (Phi) is 7.27. The number of thiocarbonyl (C=S) groups is 1. The van der Waals surface area contributed by atoms with Crippen molar-refractivity contribution >= 4 is 40.3 Å². The van der Waals surface area contributed by atoms with Crippen molar-refractivity contribution in [3.05, 3.63) is 106 Å². The van der Waals surface area contributed by atoms with Crippen LogP contribution in [0, 0.1) is 25.6 Å². The van der Waals surface area contributed by atoms with Crippen molar-refractivity contribution in [2.75, 3.05) is 22.9 Å². The molecule has 0 unspecified atom stereocenters. The average molecular weight is 574 g/mol. The van der Waals surface area contributed by atoms with Gasteiger partial charge in [0.2, 0.25) is 0 Å². The first kappa shape index (κ1) is 26.8. The molecular formula is C32H33ClFN5S. The van der Waals surface area contributed by atoms with Crippen molar-refractivity contribution in [3.63, 3.8) is 0 Å². The van der Waals surface area contributed by atoms with Crippen molar-refractivity contribution in [1.82, 2.24) is 14.9 Å². The predicted molar refractivity (Wildman–Crippen MR) is 165 cm³/mol. The van der Waals surface area contributed by atoms with Gasteiger partial charge in [-0.05, 0) is 105 Å². The molecule has 5 nitrogen and oxygen atoms in total. The van der Waals surface area contributed by atoms with Crippen LogP contribution in [0.3, 0.4) is 0 Å². The molecule has 0 aliphatic carbocycles. The van der Waals surface area contributed by atoms with E-state index in [1.807, 2.05) is 37.3 Å². The molecule has 2 aliphatic heterocycles. The normalized spacial score (nSPS) is 19.8. The van der Waals surface area contributed by atoms with Gasteiger partial charge in [0.15, 0.2) is 5.11 Å². The molecular weight excluding hydrogens is 541 g/mol. The molecule has 8 heteroatoms. The standard InChI is InChI=1S/C32H33ClFN5S/c1-20-12-15-37(16-13-20)29-11-10-25(19-27(29)33)39-31(30(36-32(39)40)28-9-4-5-14-35-28)26-17-21(2)38(22(26)3)24-8-6-7-23(34)18-24/h4-11,14,17-20,30-31H,12-13,15-16H2,1-3H3,(H,36,40)/t30-,31+/m0/s1. The fourth-order valence-corrected chi connectivity index (χ4v) is 6.84. The van der Waals surface area contributed by atoms with Gasteiger partial charge in [0, 0.05) is 42.0 Å². The van der Waals surface area contributed by atoms with Gasteiger partial charge in [0.05, 0.1) is 28.5 Å². The maximum absolute atomic E-state index is 14.2. The van der Waals surface area contributed by atoms with E-state index in [1.165, 1.54) is 18.9 Å². The molecule has 2 fully saturated rings. The first-order valence-electron chi connectivity index (χ1n) is 13.8. The van der Waals surface area contributed by atoms with Crippen molar-refractivity contribution in [2.24, 2.45) is 5.92 Å². The zero-order valence-corrected chi connectivity index (χ0v) is 24.5. The molecule has 0 spiro atoms. The Hall–Kier alpha value is -3.42. The van der Waals surface area contributed by atoms with Crippen LogP contribution in [0.1, 0.15) is 54.5 Å². The van der Waals surface area contributed by atoms with E-state index in [4.69, 9.17) is 23.8 Å².